The number of nitrogens with one attached hydrogen (secondary N) is 1. The second-order valence-corrected chi connectivity index (χ2v) is 7.06. The highest BCUT2D eigenvalue weighted by Crippen LogP contribution is 2.42. The van der Waals surface area contributed by atoms with E-state index in [-0.39, 0.29) is 12.5 Å². The van der Waals surface area contributed by atoms with Crippen LogP contribution in [0.15, 0.2) is 18.2 Å². The van der Waals surface area contributed by atoms with Gasteiger partial charge in [-0.2, -0.15) is 0 Å². The molecular formula is C18H29N3O2+2. The van der Waals surface area contributed by atoms with Gasteiger partial charge in [0.15, 0.2) is 6.54 Å². The average molecular weight is 319 g/mol. The Hall–Kier alpha value is -1.43. The summed E-state index contributed by atoms with van der Waals surface area (Å²) in [6, 6.07) is 6.84. The van der Waals surface area contributed by atoms with Gasteiger partial charge < -0.3 is 20.2 Å². The van der Waals surface area contributed by atoms with Gasteiger partial charge in [0.05, 0.1) is 38.6 Å². The lowest BCUT2D eigenvalue weighted by Gasteiger charge is -2.34. The van der Waals surface area contributed by atoms with Crippen LogP contribution in [0.4, 0.5) is 5.69 Å². The van der Waals surface area contributed by atoms with Gasteiger partial charge in [0.2, 0.25) is 0 Å². The summed E-state index contributed by atoms with van der Waals surface area (Å²) in [5.41, 5.74) is 3.76. The maximum Gasteiger partial charge on any atom is 0.282 e. The van der Waals surface area contributed by atoms with Gasteiger partial charge in [-0.1, -0.05) is 17.7 Å². The van der Waals surface area contributed by atoms with E-state index < -0.39 is 0 Å². The summed E-state index contributed by atoms with van der Waals surface area (Å²) in [7, 11) is 2.25. The fourth-order valence-corrected chi connectivity index (χ4v) is 4.08. The maximum absolute atomic E-state index is 12.8. The van der Waals surface area contributed by atoms with Gasteiger partial charge in [0.1, 0.15) is 0 Å². The fourth-order valence-electron chi connectivity index (χ4n) is 4.08. The monoisotopic (exact) mass is 319 g/mol. The SMILES string of the molecule is Cc1ccc2c(c1)[C@@H]1C[NH+](C)CC[C@H]1N2C(=O)C[NH2+]CCCO. The minimum atomic E-state index is 0.191. The molecule has 0 saturated carbocycles. The van der Waals surface area contributed by atoms with Crippen LogP contribution < -0.4 is 15.1 Å². The molecule has 4 N–H and O–H groups in total. The van der Waals surface area contributed by atoms with E-state index in [1.165, 1.54) is 11.1 Å². The van der Waals surface area contributed by atoms with Gasteiger partial charge in [-0.15, -0.1) is 0 Å². The third-order valence-corrected chi connectivity index (χ3v) is 5.23. The molecule has 0 aromatic heterocycles. The van der Waals surface area contributed by atoms with Crippen molar-refractivity contribution in [1.82, 2.24) is 0 Å². The van der Waals surface area contributed by atoms with Crippen molar-refractivity contribution < 1.29 is 20.1 Å². The molecule has 1 amide bonds. The predicted molar refractivity (Wildman–Crippen MR) is 89.8 cm³/mol. The standard InChI is InChI=1S/C18H27N3O2/c1-13-4-5-16-14(10-13)15-12-20(2)8-6-17(15)21(16)18(23)11-19-7-3-9-22/h4-5,10,15,17,19,22H,3,6-9,11-12H2,1-2H3/p+2/t15-,17+/m0/s1. The van der Waals surface area contributed by atoms with Crippen molar-refractivity contribution in [2.24, 2.45) is 0 Å². The number of anilines is 1. The summed E-state index contributed by atoms with van der Waals surface area (Å²) in [5.74, 6) is 0.681. The molecule has 1 unspecified atom stereocenters. The van der Waals surface area contributed by atoms with Crippen LogP contribution in [0.5, 0.6) is 0 Å². The van der Waals surface area contributed by atoms with Crippen molar-refractivity contribution in [3.05, 3.63) is 29.3 Å². The number of rotatable bonds is 5. The Morgan fingerprint density at radius 2 is 2.30 bits per heavy atom. The van der Waals surface area contributed by atoms with Gasteiger partial charge in [0.25, 0.3) is 5.91 Å². The second-order valence-electron chi connectivity index (χ2n) is 7.06. The van der Waals surface area contributed by atoms with E-state index in [1.807, 2.05) is 5.32 Å². The Morgan fingerprint density at radius 3 is 3.09 bits per heavy atom. The number of amides is 1. The van der Waals surface area contributed by atoms with Crippen LogP contribution in [0.1, 0.15) is 29.9 Å². The third kappa shape index (κ3) is 3.27. The third-order valence-electron chi connectivity index (χ3n) is 5.23. The number of carbonyl (C=O) groups is 1. The van der Waals surface area contributed by atoms with Crippen molar-refractivity contribution in [2.75, 3.05) is 44.7 Å². The minimum absolute atomic E-state index is 0.191. The number of nitrogens with zero attached hydrogens (tertiary/aromatic N) is 1. The topological polar surface area (TPSA) is 61.6 Å². The first-order valence-corrected chi connectivity index (χ1v) is 8.78. The summed E-state index contributed by atoms with van der Waals surface area (Å²) in [4.78, 5) is 16.4. The molecule has 3 rings (SSSR count). The van der Waals surface area contributed by atoms with Crippen molar-refractivity contribution in [3.63, 3.8) is 0 Å². The van der Waals surface area contributed by atoms with Crippen LogP contribution in [-0.4, -0.2) is 56.9 Å². The van der Waals surface area contributed by atoms with Gasteiger partial charge in [-0.25, -0.2) is 0 Å². The minimum Gasteiger partial charge on any atom is -0.396 e. The van der Waals surface area contributed by atoms with Gasteiger partial charge in [-0.05, 0) is 18.6 Å². The zero-order valence-corrected chi connectivity index (χ0v) is 14.2. The van der Waals surface area contributed by atoms with Crippen molar-refractivity contribution in [2.45, 2.75) is 31.7 Å². The lowest BCUT2D eigenvalue weighted by Crippen LogP contribution is -3.11. The zero-order chi connectivity index (χ0) is 16.4. The Labute approximate surface area is 138 Å². The number of nitrogens with two attached hydrogens (primary N) is 1. The summed E-state index contributed by atoms with van der Waals surface area (Å²) in [6.45, 7) is 5.83. The average Bonchev–Trinajstić information content (AvgIpc) is 2.84. The Balaban J connectivity index is 1.81. The maximum atomic E-state index is 12.8. The molecule has 1 aromatic carbocycles. The van der Waals surface area contributed by atoms with Gasteiger partial charge in [0, 0.05) is 25.1 Å². The molecule has 1 saturated heterocycles. The van der Waals surface area contributed by atoms with E-state index in [9.17, 15) is 4.79 Å². The summed E-state index contributed by atoms with van der Waals surface area (Å²) >= 11 is 0. The van der Waals surface area contributed by atoms with E-state index in [0.717, 1.165) is 38.2 Å². The first kappa shape index (κ1) is 16.4. The molecule has 1 aromatic rings. The number of quaternary nitrogens is 2. The number of likely N-dealkylation sites (N-methyl/N-ethyl adjacent to an activating group) is 1. The van der Waals surface area contributed by atoms with Crippen molar-refractivity contribution in [1.29, 1.82) is 0 Å². The van der Waals surface area contributed by atoms with E-state index in [1.54, 1.807) is 4.90 Å². The number of benzene rings is 1. The quantitative estimate of drug-likeness (QED) is 0.588. The number of fused-ring (bicyclic) bond motifs is 3. The molecule has 0 aliphatic carbocycles. The van der Waals surface area contributed by atoms with Crippen LogP contribution >= 0.6 is 0 Å². The van der Waals surface area contributed by atoms with E-state index in [2.05, 4.69) is 37.1 Å². The van der Waals surface area contributed by atoms with Crippen LogP contribution in [0, 0.1) is 6.92 Å². The van der Waals surface area contributed by atoms with Gasteiger partial charge >= 0.3 is 0 Å². The van der Waals surface area contributed by atoms with Crippen LogP contribution in [-0.2, 0) is 4.79 Å². The number of likely N-dealkylation sites (tertiary alicyclic amines) is 1. The molecule has 5 nitrogen and oxygen atoms in total. The normalized spacial score (nSPS) is 26.0. The molecule has 2 aliphatic heterocycles. The molecule has 5 heteroatoms. The summed E-state index contributed by atoms with van der Waals surface area (Å²) < 4.78 is 0. The van der Waals surface area contributed by atoms with Crippen LogP contribution in [0.25, 0.3) is 0 Å². The molecule has 126 valence electrons. The lowest BCUT2D eigenvalue weighted by atomic mass is 9.89. The van der Waals surface area contributed by atoms with Crippen LogP contribution in [0.2, 0.25) is 0 Å². The Bertz CT molecular complexity index is 575. The Kier molecular flexibility index (Phi) is 4.99. The fraction of sp³-hybridized carbons (Fsp3) is 0.611. The Morgan fingerprint density at radius 1 is 1.48 bits per heavy atom. The van der Waals surface area contributed by atoms with E-state index in [0.29, 0.717) is 18.5 Å². The summed E-state index contributed by atoms with van der Waals surface area (Å²) in [5, 5.41) is 10.9. The highest BCUT2D eigenvalue weighted by atomic mass is 16.3. The molecule has 0 spiro atoms. The van der Waals surface area contributed by atoms with Crippen molar-refractivity contribution in [3.8, 4) is 0 Å². The molecular weight excluding hydrogens is 290 g/mol. The molecule has 0 bridgehead atoms. The predicted octanol–water partition coefficient (Wildman–Crippen LogP) is -1.34. The first-order valence-electron chi connectivity index (χ1n) is 8.78. The molecule has 2 heterocycles. The second kappa shape index (κ2) is 6.99. The van der Waals surface area contributed by atoms with Crippen molar-refractivity contribution >= 4 is 11.6 Å². The first-order chi connectivity index (χ1) is 11.1. The van der Waals surface area contributed by atoms with Crippen LogP contribution in [0.3, 0.4) is 0 Å². The number of hydrogen-bond donors (Lipinski definition) is 3. The number of aliphatic hydroxyl groups excluding tert-OH is 1. The van der Waals surface area contributed by atoms with E-state index >= 15 is 0 Å². The number of carbonyl (C=O) groups excluding carboxylic acids is 1. The lowest BCUT2D eigenvalue weighted by molar-refractivity contribution is -0.886. The number of aryl methyl sites for hydroxylation is 1. The molecule has 23 heavy (non-hydrogen) atoms. The summed E-state index contributed by atoms with van der Waals surface area (Å²) in [6.07, 6.45) is 1.82. The molecule has 0 radical (unpaired) electrons. The zero-order valence-electron chi connectivity index (χ0n) is 14.2. The largest absolute Gasteiger partial charge is 0.396 e. The van der Waals surface area contributed by atoms with Gasteiger partial charge in [-0.3, -0.25) is 4.79 Å². The molecule has 2 aliphatic rings. The number of aliphatic hydroxyl groups is 1. The van der Waals surface area contributed by atoms with E-state index in [4.69, 9.17) is 5.11 Å². The smallest absolute Gasteiger partial charge is 0.282 e. The number of hydrogen-bond acceptors (Lipinski definition) is 2. The highest BCUT2D eigenvalue weighted by Gasteiger charge is 2.45. The molecule has 3 atom stereocenters. The molecule has 1 fully saturated rings. The highest BCUT2D eigenvalue weighted by molar-refractivity contribution is 5.97. The number of piperidine rings is 1.